The van der Waals surface area contributed by atoms with Gasteiger partial charge in [0.05, 0.1) is 18.0 Å². The second-order valence-corrected chi connectivity index (χ2v) is 10.4. The predicted octanol–water partition coefficient (Wildman–Crippen LogP) is 4.71. The molecule has 198 valence electrons. The Morgan fingerprint density at radius 3 is 2.67 bits per heavy atom. The number of hydrogen-bond donors (Lipinski definition) is 2. The molecule has 0 radical (unpaired) electrons. The van der Waals surface area contributed by atoms with Crippen LogP contribution in [0.3, 0.4) is 0 Å². The number of rotatable bonds is 4. The lowest BCUT2D eigenvalue weighted by molar-refractivity contribution is 0.0715. The third-order valence-electron chi connectivity index (χ3n) is 7.35. The molecular weight excluding hydrogens is 517 g/mol. The average Bonchev–Trinajstić information content (AvgIpc) is 3.10. The van der Waals surface area contributed by atoms with Gasteiger partial charge in [0.2, 0.25) is 5.95 Å². The van der Waals surface area contributed by atoms with Gasteiger partial charge in [-0.15, -0.1) is 0 Å². The largest absolute Gasteiger partial charge is 0.339 e. The molecular formula is C29H27ClFN7O. The van der Waals surface area contributed by atoms with Gasteiger partial charge in [-0.3, -0.25) is 14.8 Å². The molecule has 0 spiro atoms. The summed E-state index contributed by atoms with van der Waals surface area (Å²) < 4.78 is 14.7. The average molecular weight is 544 g/mol. The summed E-state index contributed by atoms with van der Waals surface area (Å²) in [6.45, 7) is 1.65. The van der Waals surface area contributed by atoms with Crippen molar-refractivity contribution in [2.45, 2.75) is 31.3 Å². The summed E-state index contributed by atoms with van der Waals surface area (Å²) in [7, 11) is 0. The molecule has 2 atom stereocenters. The van der Waals surface area contributed by atoms with E-state index in [1.807, 2.05) is 35.3 Å². The van der Waals surface area contributed by atoms with Crippen molar-refractivity contribution in [2.75, 3.05) is 18.4 Å². The first kappa shape index (κ1) is 25.3. The lowest BCUT2D eigenvalue weighted by atomic mass is 9.81. The standard InChI is InChI=1S/C29H27ClFN7O/c30-19-5-8-22-23(14-19)26(27-24(31)2-1-11-33-27)34-15-18-16-35-29(37-25(18)22)36-21-6-3-17(4-7-21)28(39)38-12-9-20(32)10-13-38/h1-8,11,14,16,20,22-23H,9-10,12-13,15,32H2,(H,35,36,37). The lowest BCUT2D eigenvalue weighted by Crippen LogP contribution is -2.42. The predicted molar refractivity (Wildman–Crippen MR) is 149 cm³/mol. The van der Waals surface area contributed by atoms with Crippen LogP contribution in [-0.4, -0.2) is 50.6 Å². The lowest BCUT2D eigenvalue weighted by Gasteiger charge is -2.30. The molecule has 2 aliphatic heterocycles. The molecule has 1 fully saturated rings. The Morgan fingerprint density at radius 2 is 1.90 bits per heavy atom. The number of nitrogens with zero attached hydrogens (tertiary/aromatic N) is 5. The number of likely N-dealkylation sites (tertiary alicyclic amines) is 1. The van der Waals surface area contributed by atoms with Gasteiger partial charge in [0, 0.05) is 65.2 Å². The van der Waals surface area contributed by atoms with E-state index in [9.17, 15) is 9.18 Å². The van der Waals surface area contributed by atoms with Gasteiger partial charge in [-0.1, -0.05) is 23.8 Å². The van der Waals surface area contributed by atoms with Gasteiger partial charge in [0.15, 0.2) is 5.82 Å². The zero-order valence-electron chi connectivity index (χ0n) is 21.1. The molecule has 3 aromatic rings. The topological polar surface area (TPSA) is 109 Å². The number of hydrogen-bond acceptors (Lipinski definition) is 7. The first-order valence-electron chi connectivity index (χ1n) is 12.9. The van der Waals surface area contributed by atoms with E-state index in [1.165, 1.54) is 6.07 Å². The van der Waals surface area contributed by atoms with E-state index >= 15 is 0 Å². The number of pyridine rings is 1. The van der Waals surface area contributed by atoms with Gasteiger partial charge in [-0.2, -0.15) is 0 Å². The minimum atomic E-state index is -0.431. The highest BCUT2D eigenvalue weighted by Gasteiger charge is 2.34. The number of aromatic nitrogens is 3. The number of carbonyl (C=O) groups excluding carboxylic acids is 1. The molecule has 1 saturated heterocycles. The number of piperidine rings is 1. The van der Waals surface area contributed by atoms with Gasteiger partial charge in [-0.25, -0.2) is 14.4 Å². The van der Waals surface area contributed by atoms with Crippen LogP contribution < -0.4 is 11.1 Å². The molecule has 3 aliphatic rings. The maximum Gasteiger partial charge on any atom is 0.253 e. The zero-order chi connectivity index (χ0) is 26.9. The molecule has 2 aromatic heterocycles. The maximum absolute atomic E-state index is 14.7. The quantitative estimate of drug-likeness (QED) is 0.493. The Balaban J connectivity index is 1.24. The summed E-state index contributed by atoms with van der Waals surface area (Å²) in [4.78, 5) is 33.1. The van der Waals surface area contributed by atoms with Gasteiger partial charge < -0.3 is 16.0 Å². The summed E-state index contributed by atoms with van der Waals surface area (Å²) in [5.41, 5.74) is 9.74. The van der Waals surface area contributed by atoms with Gasteiger partial charge in [0.1, 0.15) is 5.69 Å². The van der Waals surface area contributed by atoms with Crippen molar-refractivity contribution in [1.82, 2.24) is 19.9 Å². The Hall–Kier alpha value is -3.95. The second kappa shape index (κ2) is 10.7. The van der Waals surface area contributed by atoms with Gasteiger partial charge in [0.25, 0.3) is 5.91 Å². The van der Waals surface area contributed by atoms with Crippen LogP contribution in [-0.2, 0) is 6.54 Å². The molecule has 2 unspecified atom stereocenters. The number of anilines is 2. The third kappa shape index (κ3) is 5.20. The second-order valence-electron chi connectivity index (χ2n) is 9.93. The van der Waals surface area contributed by atoms with Gasteiger partial charge in [-0.05, 0) is 55.3 Å². The molecule has 39 heavy (non-hydrogen) atoms. The Kier molecular flexibility index (Phi) is 6.93. The number of aliphatic imine (C=N–C) groups is 1. The van der Waals surface area contributed by atoms with Crippen molar-refractivity contribution in [3.63, 3.8) is 0 Å². The molecule has 1 amide bonds. The van der Waals surface area contributed by atoms with Gasteiger partial charge >= 0.3 is 0 Å². The Morgan fingerprint density at radius 1 is 1.10 bits per heavy atom. The number of fused-ring (bicyclic) bond motifs is 3. The van der Waals surface area contributed by atoms with E-state index in [4.69, 9.17) is 27.3 Å². The first-order chi connectivity index (χ1) is 19.0. The van der Waals surface area contributed by atoms with Crippen molar-refractivity contribution in [2.24, 2.45) is 16.6 Å². The third-order valence-corrected chi connectivity index (χ3v) is 7.61. The fourth-order valence-corrected chi connectivity index (χ4v) is 5.45. The summed E-state index contributed by atoms with van der Waals surface area (Å²) in [5, 5.41) is 3.80. The van der Waals surface area contributed by atoms with Crippen LogP contribution in [0.5, 0.6) is 0 Å². The first-order valence-corrected chi connectivity index (χ1v) is 13.3. The van der Waals surface area contributed by atoms with Crippen LogP contribution in [0.25, 0.3) is 0 Å². The molecule has 0 bridgehead atoms. The molecule has 3 N–H and O–H groups in total. The monoisotopic (exact) mass is 543 g/mol. The number of halogens is 2. The summed E-state index contributed by atoms with van der Waals surface area (Å²) >= 11 is 6.37. The number of allylic oxidation sites excluding steroid dienone is 4. The van der Waals surface area contributed by atoms with Crippen molar-refractivity contribution in [1.29, 1.82) is 0 Å². The van der Waals surface area contributed by atoms with Crippen LogP contribution >= 0.6 is 11.6 Å². The minimum Gasteiger partial charge on any atom is -0.339 e. The minimum absolute atomic E-state index is 0.0109. The Labute approximate surface area is 230 Å². The highest BCUT2D eigenvalue weighted by Crippen LogP contribution is 2.39. The fraction of sp³-hybridized carbons (Fsp3) is 0.276. The molecule has 8 nitrogen and oxygen atoms in total. The summed E-state index contributed by atoms with van der Waals surface area (Å²) in [6.07, 6.45) is 10.6. The number of benzene rings is 1. The van der Waals surface area contributed by atoms with Crippen molar-refractivity contribution in [3.05, 3.63) is 100 Å². The number of nitrogens with two attached hydrogens (primary N) is 1. The maximum atomic E-state index is 14.7. The van der Waals surface area contributed by atoms with Crippen LogP contribution in [0, 0.1) is 11.7 Å². The van der Waals surface area contributed by atoms with Crippen molar-refractivity contribution < 1.29 is 9.18 Å². The number of amides is 1. The van der Waals surface area contributed by atoms with Crippen molar-refractivity contribution in [3.8, 4) is 0 Å². The molecule has 6 rings (SSSR count). The van der Waals surface area contributed by atoms with Crippen LogP contribution in [0.1, 0.15) is 46.1 Å². The molecule has 1 aromatic carbocycles. The summed E-state index contributed by atoms with van der Waals surface area (Å²) in [6, 6.07) is 10.4. The van der Waals surface area contributed by atoms with Crippen LogP contribution in [0.15, 0.2) is 77.0 Å². The molecule has 4 heterocycles. The highest BCUT2D eigenvalue weighted by molar-refractivity contribution is 6.31. The Bertz CT molecular complexity index is 1500. The molecule has 10 heteroatoms. The van der Waals surface area contributed by atoms with Crippen LogP contribution in [0.2, 0.25) is 0 Å². The highest BCUT2D eigenvalue weighted by atomic mass is 35.5. The van der Waals surface area contributed by atoms with E-state index in [0.717, 1.165) is 29.8 Å². The smallest absolute Gasteiger partial charge is 0.253 e. The fourth-order valence-electron chi connectivity index (χ4n) is 5.24. The molecule has 0 saturated carbocycles. The van der Waals surface area contributed by atoms with Crippen LogP contribution in [0.4, 0.5) is 16.0 Å². The van der Waals surface area contributed by atoms with Crippen molar-refractivity contribution >= 4 is 34.9 Å². The van der Waals surface area contributed by atoms with E-state index in [-0.39, 0.29) is 29.5 Å². The van der Waals surface area contributed by atoms with E-state index in [0.29, 0.717) is 41.9 Å². The van der Waals surface area contributed by atoms with E-state index in [2.05, 4.69) is 15.3 Å². The SMILES string of the molecule is NC1CCN(C(=O)c2ccc(Nc3ncc4c(n3)C3C=CC(Cl)=CC3C(c3ncccc3F)=NC4)cc2)CC1. The number of carbonyl (C=O) groups is 1. The molecule has 1 aliphatic carbocycles. The van der Waals surface area contributed by atoms with E-state index < -0.39 is 5.82 Å². The van der Waals surface area contributed by atoms with E-state index in [1.54, 1.807) is 30.6 Å². The number of nitrogens with one attached hydrogen (secondary N) is 1. The summed E-state index contributed by atoms with van der Waals surface area (Å²) in [5.74, 6) is -0.550. The normalized spacial score (nSPS) is 20.8. The zero-order valence-corrected chi connectivity index (χ0v) is 21.9.